The van der Waals surface area contributed by atoms with Crippen LogP contribution in [0.25, 0.3) is 0 Å². The van der Waals surface area contributed by atoms with E-state index in [-0.39, 0.29) is 0 Å². The minimum atomic E-state index is 0.350. The number of ether oxygens (including phenoxy) is 1. The maximum absolute atomic E-state index is 11.7. The van der Waals surface area contributed by atoms with E-state index in [0.717, 1.165) is 25.1 Å². The number of rotatable bonds is 6. The Balaban J connectivity index is 1.87. The molecule has 0 N–H and O–H groups in total. The van der Waals surface area contributed by atoms with Crippen LogP contribution in [0.4, 0.5) is 0 Å². The van der Waals surface area contributed by atoms with Crippen LogP contribution in [0.3, 0.4) is 0 Å². The fourth-order valence-corrected chi connectivity index (χ4v) is 1.94. The predicted molar refractivity (Wildman–Crippen MR) is 67.1 cm³/mol. The van der Waals surface area contributed by atoms with Crippen LogP contribution in [0, 0.1) is 5.92 Å². The van der Waals surface area contributed by atoms with Crippen molar-refractivity contribution in [1.29, 1.82) is 0 Å². The fraction of sp³-hybridized carbons (Fsp3) is 0.500. The lowest BCUT2D eigenvalue weighted by Gasteiger charge is -2.16. The number of nitrogens with zero attached hydrogens (tertiary/aromatic N) is 1. The molecule has 0 spiro atoms. The lowest BCUT2D eigenvalue weighted by atomic mass is 10.2. The van der Waals surface area contributed by atoms with Crippen molar-refractivity contribution in [3.8, 4) is 5.75 Å². The summed E-state index contributed by atoms with van der Waals surface area (Å²) in [7, 11) is 3.65. The third-order valence-corrected chi connectivity index (χ3v) is 3.05. The molecule has 1 aliphatic rings. The molecule has 0 unspecified atom stereocenters. The molecule has 0 heterocycles. The molecule has 0 amide bonds. The van der Waals surface area contributed by atoms with Crippen LogP contribution in [0.15, 0.2) is 24.3 Å². The highest BCUT2D eigenvalue weighted by Crippen LogP contribution is 2.30. The first-order valence-electron chi connectivity index (χ1n) is 6.03. The van der Waals surface area contributed by atoms with Crippen molar-refractivity contribution >= 4 is 5.78 Å². The van der Waals surface area contributed by atoms with Gasteiger partial charge in [-0.15, -0.1) is 0 Å². The Morgan fingerprint density at radius 3 is 2.88 bits per heavy atom. The predicted octanol–water partition coefficient (Wildman–Crippen LogP) is 2.11. The van der Waals surface area contributed by atoms with Gasteiger partial charge in [0.2, 0.25) is 0 Å². The van der Waals surface area contributed by atoms with Crippen molar-refractivity contribution in [3.63, 3.8) is 0 Å². The summed E-state index contributed by atoms with van der Waals surface area (Å²) >= 11 is 0. The van der Waals surface area contributed by atoms with Crippen molar-refractivity contribution in [2.75, 3.05) is 20.7 Å². The Morgan fingerprint density at radius 2 is 2.24 bits per heavy atom. The average molecular weight is 233 g/mol. The molecule has 3 nitrogen and oxygen atoms in total. The van der Waals surface area contributed by atoms with E-state index < -0.39 is 0 Å². The molecule has 1 aromatic rings. The third-order valence-electron chi connectivity index (χ3n) is 3.05. The van der Waals surface area contributed by atoms with Crippen molar-refractivity contribution in [1.82, 2.24) is 4.90 Å². The van der Waals surface area contributed by atoms with Crippen molar-refractivity contribution in [3.05, 3.63) is 29.8 Å². The van der Waals surface area contributed by atoms with Crippen LogP contribution >= 0.6 is 0 Å². The van der Waals surface area contributed by atoms with E-state index in [9.17, 15) is 4.79 Å². The number of benzene rings is 1. The number of likely N-dealkylation sites (N-methyl/N-ethyl adjacent to an activating group) is 1. The molecule has 0 saturated heterocycles. The summed E-state index contributed by atoms with van der Waals surface area (Å²) in [6.07, 6.45) is 2.18. The zero-order chi connectivity index (χ0) is 12.3. The van der Waals surface area contributed by atoms with Crippen LogP contribution < -0.4 is 4.74 Å². The summed E-state index contributed by atoms with van der Waals surface area (Å²) in [6.45, 7) is 1.34. The topological polar surface area (TPSA) is 29.5 Å². The number of carbonyl (C=O) groups excluding carboxylic acids is 1. The van der Waals surface area contributed by atoms with E-state index in [1.165, 1.54) is 5.56 Å². The van der Waals surface area contributed by atoms with Gasteiger partial charge in [-0.25, -0.2) is 0 Å². The fourth-order valence-electron chi connectivity index (χ4n) is 1.94. The van der Waals surface area contributed by atoms with Gasteiger partial charge < -0.3 is 4.74 Å². The second-order valence-corrected chi connectivity index (χ2v) is 4.76. The number of carbonyl (C=O) groups is 1. The van der Waals surface area contributed by atoms with Gasteiger partial charge in [0.05, 0.1) is 13.7 Å². The third kappa shape index (κ3) is 3.56. The SMILES string of the molecule is COc1cccc(CN(C)CC(=O)C2CC2)c1. The maximum Gasteiger partial charge on any atom is 0.149 e. The molecule has 1 aromatic carbocycles. The molecule has 0 radical (unpaired) electrons. The van der Waals surface area contributed by atoms with Crippen molar-refractivity contribution < 1.29 is 9.53 Å². The molecule has 0 aromatic heterocycles. The van der Waals surface area contributed by atoms with Gasteiger partial charge >= 0.3 is 0 Å². The second-order valence-electron chi connectivity index (χ2n) is 4.76. The van der Waals surface area contributed by atoms with E-state index in [1.807, 2.05) is 25.2 Å². The van der Waals surface area contributed by atoms with Gasteiger partial charge in [0.25, 0.3) is 0 Å². The second kappa shape index (κ2) is 5.32. The molecule has 92 valence electrons. The number of hydrogen-bond acceptors (Lipinski definition) is 3. The molecule has 1 saturated carbocycles. The summed E-state index contributed by atoms with van der Waals surface area (Å²) in [5, 5.41) is 0. The molecule has 1 aliphatic carbocycles. The van der Waals surface area contributed by atoms with Crippen LogP contribution in [0.5, 0.6) is 5.75 Å². The highest BCUT2D eigenvalue weighted by atomic mass is 16.5. The monoisotopic (exact) mass is 233 g/mol. The standard InChI is InChI=1S/C14H19NO2/c1-15(10-14(16)12-6-7-12)9-11-4-3-5-13(8-11)17-2/h3-5,8,12H,6-7,9-10H2,1-2H3. The molecule has 17 heavy (non-hydrogen) atoms. The van der Waals surface area contributed by atoms with Gasteiger partial charge in [0.15, 0.2) is 0 Å². The quantitative estimate of drug-likeness (QED) is 0.753. The molecular formula is C14H19NO2. The van der Waals surface area contributed by atoms with Crippen molar-refractivity contribution in [2.45, 2.75) is 19.4 Å². The summed E-state index contributed by atoms with van der Waals surface area (Å²) in [4.78, 5) is 13.7. The lowest BCUT2D eigenvalue weighted by Crippen LogP contribution is -2.26. The Morgan fingerprint density at radius 1 is 1.47 bits per heavy atom. The normalized spacial score (nSPS) is 15.0. The van der Waals surface area contributed by atoms with Crippen LogP contribution in [0.2, 0.25) is 0 Å². The highest BCUT2D eigenvalue weighted by Gasteiger charge is 2.29. The van der Waals surface area contributed by atoms with Gasteiger partial charge in [0.1, 0.15) is 11.5 Å². The minimum absolute atomic E-state index is 0.350. The number of Topliss-reactive ketones (excluding diaryl/α,β-unsaturated/α-hetero) is 1. The summed E-state index contributed by atoms with van der Waals surface area (Å²) in [5.41, 5.74) is 1.18. The average Bonchev–Trinajstić information content (AvgIpc) is 3.12. The van der Waals surface area contributed by atoms with E-state index in [1.54, 1.807) is 7.11 Å². The molecule has 0 aliphatic heterocycles. The molecule has 3 heteroatoms. The number of ketones is 1. The minimum Gasteiger partial charge on any atom is -0.497 e. The van der Waals surface area contributed by atoms with Gasteiger partial charge in [-0.1, -0.05) is 12.1 Å². The molecule has 1 fully saturated rings. The Kier molecular flexibility index (Phi) is 3.79. The van der Waals surface area contributed by atoms with Crippen molar-refractivity contribution in [2.24, 2.45) is 5.92 Å². The first kappa shape index (κ1) is 12.1. The van der Waals surface area contributed by atoms with Gasteiger partial charge in [-0.05, 0) is 37.6 Å². The molecule has 0 bridgehead atoms. The maximum atomic E-state index is 11.7. The summed E-state index contributed by atoms with van der Waals surface area (Å²) in [6, 6.07) is 7.97. The highest BCUT2D eigenvalue weighted by molar-refractivity contribution is 5.84. The Bertz CT molecular complexity index is 399. The molecular weight excluding hydrogens is 214 g/mol. The van der Waals surface area contributed by atoms with E-state index in [0.29, 0.717) is 18.2 Å². The zero-order valence-corrected chi connectivity index (χ0v) is 10.5. The summed E-state index contributed by atoms with van der Waals surface area (Å²) < 4.78 is 5.18. The largest absolute Gasteiger partial charge is 0.497 e. The first-order valence-corrected chi connectivity index (χ1v) is 6.03. The smallest absolute Gasteiger partial charge is 0.149 e. The Hall–Kier alpha value is -1.35. The zero-order valence-electron chi connectivity index (χ0n) is 10.5. The van der Waals surface area contributed by atoms with E-state index in [4.69, 9.17) is 4.74 Å². The van der Waals surface area contributed by atoms with E-state index in [2.05, 4.69) is 11.0 Å². The van der Waals surface area contributed by atoms with Crippen LogP contribution in [-0.4, -0.2) is 31.4 Å². The number of methoxy groups -OCH3 is 1. The summed E-state index contributed by atoms with van der Waals surface area (Å²) in [5.74, 6) is 1.60. The molecule has 0 atom stereocenters. The number of hydrogen-bond donors (Lipinski definition) is 0. The first-order chi connectivity index (χ1) is 8.19. The van der Waals surface area contributed by atoms with Gasteiger partial charge in [-0.3, -0.25) is 9.69 Å². The van der Waals surface area contributed by atoms with Gasteiger partial charge in [-0.2, -0.15) is 0 Å². The Labute approximate surface area is 102 Å². The van der Waals surface area contributed by atoms with Crippen LogP contribution in [0.1, 0.15) is 18.4 Å². The van der Waals surface area contributed by atoms with E-state index >= 15 is 0 Å². The van der Waals surface area contributed by atoms with Gasteiger partial charge in [0, 0.05) is 12.5 Å². The molecule has 2 rings (SSSR count). The van der Waals surface area contributed by atoms with Crippen LogP contribution in [-0.2, 0) is 11.3 Å². The lowest BCUT2D eigenvalue weighted by molar-refractivity contribution is -0.121.